The highest BCUT2D eigenvalue weighted by Gasteiger charge is 2.28. The van der Waals surface area contributed by atoms with E-state index in [-0.39, 0.29) is 23.8 Å². The summed E-state index contributed by atoms with van der Waals surface area (Å²) in [7, 11) is 0. The standard InChI is InChI=1S/C28H34N6O2S/c1-18(35)31-10-12-34-24-7-3-2-5-20(24)15-25(34)21-6-4-11-33(17-21)27(36)16-22(29)13-19-8-9-23-26(14-19)37-28(30)32-23/h2-3,5,7-9,14-15,21-22H,4,6,10-13,16-17,29H2,1H3,(H2,30,32)(H,31,35)/t21?,22-/m1/s1. The van der Waals surface area contributed by atoms with Crippen LogP contribution in [0.5, 0.6) is 0 Å². The summed E-state index contributed by atoms with van der Waals surface area (Å²) in [4.78, 5) is 31.0. The summed E-state index contributed by atoms with van der Waals surface area (Å²) in [6, 6.07) is 16.4. The molecule has 194 valence electrons. The van der Waals surface area contributed by atoms with Gasteiger partial charge in [-0.1, -0.05) is 35.6 Å². The molecule has 37 heavy (non-hydrogen) atoms. The molecular weight excluding hydrogens is 484 g/mol. The van der Waals surface area contributed by atoms with Gasteiger partial charge in [0.25, 0.3) is 0 Å². The Labute approximate surface area is 220 Å². The molecule has 1 aliphatic rings. The monoisotopic (exact) mass is 518 g/mol. The van der Waals surface area contributed by atoms with Crippen molar-refractivity contribution in [3.8, 4) is 0 Å². The second-order valence-corrected chi connectivity index (χ2v) is 11.0. The summed E-state index contributed by atoms with van der Waals surface area (Å²) in [5.74, 6) is 0.332. The van der Waals surface area contributed by atoms with E-state index in [9.17, 15) is 9.59 Å². The van der Waals surface area contributed by atoms with Gasteiger partial charge in [0.1, 0.15) is 0 Å². The number of amides is 2. The summed E-state index contributed by atoms with van der Waals surface area (Å²) in [6.07, 6.45) is 2.95. The van der Waals surface area contributed by atoms with Crippen LogP contribution < -0.4 is 16.8 Å². The minimum absolute atomic E-state index is 0.0279. The van der Waals surface area contributed by atoms with Gasteiger partial charge in [-0.3, -0.25) is 9.59 Å². The molecule has 1 aliphatic heterocycles. The molecule has 5 rings (SSSR count). The zero-order valence-electron chi connectivity index (χ0n) is 21.2. The number of nitrogens with one attached hydrogen (secondary N) is 1. The number of thiazole rings is 1. The Kier molecular flexibility index (Phi) is 7.43. The molecule has 2 amide bonds. The van der Waals surface area contributed by atoms with Crippen molar-refractivity contribution in [3.05, 3.63) is 59.8 Å². The fourth-order valence-electron chi connectivity index (χ4n) is 5.45. The number of carbonyl (C=O) groups is 2. The molecule has 0 bridgehead atoms. The number of fused-ring (bicyclic) bond motifs is 2. The average Bonchev–Trinajstić information content (AvgIpc) is 3.43. The van der Waals surface area contributed by atoms with E-state index in [0.717, 1.165) is 40.7 Å². The number of hydrogen-bond donors (Lipinski definition) is 3. The van der Waals surface area contributed by atoms with E-state index in [1.54, 1.807) is 0 Å². The Morgan fingerprint density at radius 2 is 2.05 bits per heavy atom. The zero-order valence-corrected chi connectivity index (χ0v) is 22.0. The average molecular weight is 519 g/mol. The van der Waals surface area contributed by atoms with Crippen LogP contribution in [0.3, 0.4) is 0 Å². The number of rotatable bonds is 8. The molecule has 4 aromatic rings. The van der Waals surface area contributed by atoms with Crippen molar-refractivity contribution < 1.29 is 9.59 Å². The Morgan fingerprint density at radius 3 is 2.89 bits per heavy atom. The predicted molar refractivity (Wildman–Crippen MR) is 150 cm³/mol. The first-order valence-corrected chi connectivity index (χ1v) is 13.7. The van der Waals surface area contributed by atoms with E-state index >= 15 is 0 Å². The number of anilines is 1. The molecule has 1 fully saturated rings. The molecule has 2 aromatic carbocycles. The Balaban J connectivity index is 1.25. The highest BCUT2D eigenvalue weighted by molar-refractivity contribution is 7.22. The Bertz CT molecular complexity index is 1430. The number of nitrogen functional groups attached to an aromatic ring is 1. The first-order chi connectivity index (χ1) is 17.9. The third-order valence-electron chi connectivity index (χ3n) is 7.15. The van der Waals surface area contributed by atoms with Gasteiger partial charge in [0.15, 0.2) is 5.13 Å². The SMILES string of the molecule is CC(=O)NCCn1c(C2CCCN(C(=O)C[C@H](N)Cc3ccc4nc(N)sc4c3)C2)cc2ccccc21. The first kappa shape index (κ1) is 25.2. The van der Waals surface area contributed by atoms with Crippen LogP contribution in [0.1, 0.15) is 43.4 Å². The summed E-state index contributed by atoms with van der Waals surface area (Å²) < 4.78 is 3.35. The van der Waals surface area contributed by atoms with Gasteiger partial charge in [-0.25, -0.2) is 4.98 Å². The molecule has 1 unspecified atom stereocenters. The van der Waals surface area contributed by atoms with Gasteiger partial charge in [0.2, 0.25) is 11.8 Å². The van der Waals surface area contributed by atoms with E-state index in [1.807, 2.05) is 29.2 Å². The summed E-state index contributed by atoms with van der Waals surface area (Å²) in [5.41, 5.74) is 16.6. The second kappa shape index (κ2) is 10.9. The first-order valence-electron chi connectivity index (χ1n) is 12.9. The van der Waals surface area contributed by atoms with Crippen LogP contribution >= 0.6 is 11.3 Å². The maximum Gasteiger partial charge on any atom is 0.224 e. The van der Waals surface area contributed by atoms with E-state index in [1.165, 1.54) is 29.3 Å². The van der Waals surface area contributed by atoms with Gasteiger partial charge in [-0.2, -0.15) is 0 Å². The zero-order chi connectivity index (χ0) is 25.9. The van der Waals surface area contributed by atoms with Crippen molar-refractivity contribution in [2.75, 3.05) is 25.4 Å². The lowest BCUT2D eigenvalue weighted by atomic mass is 9.93. The van der Waals surface area contributed by atoms with Crippen LogP contribution in [0.2, 0.25) is 0 Å². The number of hydrogen-bond acceptors (Lipinski definition) is 6. The Hall–Kier alpha value is -3.43. The van der Waals surface area contributed by atoms with Gasteiger partial charge in [0, 0.05) is 62.7 Å². The molecule has 1 saturated heterocycles. The van der Waals surface area contributed by atoms with Crippen LogP contribution in [0.15, 0.2) is 48.5 Å². The predicted octanol–water partition coefficient (Wildman–Crippen LogP) is 3.64. The van der Waals surface area contributed by atoms with Crippen molar-refractivity contribution in [1.82, 2.24) is 19.8 Å². The summed E-state index contributed by atoms with van der Waals surface area (Å²) >= 11 is 1.46. The van der Waals surface area contributed by atoms with E-state index in [2.05, 4.69) is 39.1 Å². The van der Waals surface area contributed by atoms with E-state index in [4.69, 9.17) is 11.5 Å². The number of nitrogens with two attached hydrogens (primary N) is 2. The maximum absolute atomic E-state index is 13.3. The number of benzene rings is 2. The number of likely N-dealkylation sites (tertiary alicyclic amines) is 1. The number of para-hydroxylation sites is 1. The fourth-order valence-corrected chi connectivity index (χ4v) is 6.25. The molecule has 2 atom stereocenters. The molecule has 9 heteroatoms. The van der Waals surface area contributed by atoms with Crippen molar-refractivity contribution >= 4 is 49.4 Å². The second-order valence-electron chi connectivity index (χ2n) is 9.96. The smallest absolute Gasteiger partial charge is 0.224 e. The molecule has 2 aromatic heterocycles. The van der Waals surface area contributed by atoms with Gasteiger partial charge >= 0.3 is 0 Å². The lowest BCUT2D eigenvalue weighted by Gasteiger charge is -2.34. The quantitative estimate of drug-likeness (QED) is 0.329. The molecule has 8 nitrogen and oxygen atoms in total. The molecule has 0 saturated carbocycles. The molecular formula is C28H34N6O2S. The summed E-state index contributed by atoms with van der Waals surface area (Å²) in [6.45, 7) is 4.27. The highest BCUT2D eigenvalue weighted by Crippen LogP contribution is 2.32. The molecule has 0 spiro atoms. The number of carbonyl (C=O) groups excluding carboxylic acids is 2. The van der Waals surface area contributed by atoms with Crippen molar-refractivity contribution in [2.45, 2.75) is 51.1 Å². The van der Waals surface area contributed by atoms with Crippen LogP contribution in [-0.2, 0) is 22.6 Å². The molecule has 0 aliphatic carbocycles. The highest BCUT2D eigenvalue weighted by atomic mass is 32.1. The van der Waals surface area contributed by atoms with Crippen LogP contribution in [0.4, 0.5) is 5.13 Å². The van der Waals surface area contributed by atoms with Gasteiger partial charge < -0.3 is 26.3 Å². The third-order valence-corrected chi connectivity index (χ3v) is 8.00. The van der Waals surface area contributed by atoms with Crippen molar-refractivity contribution in [2.24, 2.45) is 5.73 Å². The fraction of sp³-hybridized carbons (Fsp3) is 0.393. The number of nitrogens with zero attached hydrogens (tertiary/aromatic N) is 3. The van der Waals surface area contributed by atoms with Crippen LogP contribution in [-0.4, -0.2) is 51.9 Å². The summed E-state index contributed by atoms with van der Waals surface area (Å²) in [5, 5.41) is 4.65. The lowest BCUT2D eigenvalue weighted by molar-refractivity contribution is -0.132. The van der Waals surface area contributed by atoms with Crippen LogP contribution in [0, 0.1) is 0 Å². The Morgan fingerprint density at radius 1 is 1.22 bits per heavy atom. The van der Waals surface area contributed by atoms with Gasteiger partial charge in [-0.05, 0) is 54.5 Å². The molecule has 5 N–H and O–H groups in total. The van der Waals surface area contributed by atoms with Crippen LogP contribution in [0.25, 0.3) is 21.1 Å². The molecule has 3 heterocycles. The molecule has 0 radical (unpaired) electrons. The lowest BCUT2D eigenvalue weighted by Crippen LogP contribution is -2.42. The van der Waals surface area contributed by atoms with E-state index in [0.29, 0.717) is 37.6 Å². The maximum atomic E-state index is 13.3. The number of aromatic nitrogens is 2. The van der Waals surface area contributed by atoms with Crippen molar-refractivity contribution in [1.29, 1.82) is 0 Å². The minimum atomic E-state index is -0.250. The topological polar surface area (TPSA) is 119 Å². The third kappa shape index (κ3) is 5.78. The van der Waals surface area contributed by atoms with Gasteiger partial charge in [0.05, 0.1) is 10.2 Å². The number of piperidine rings is 1. The van der Waals surface area contributed by atoms with E-state index < -0.39 is 0 Å². The van der Waals surface area contributed by atoms with Gasteiger partial charge in [-0.15, -0.1) is 0 Å². The normalized spacial score (nSPS) is 16.8. The largest absolute Gasteiger partial charge is 0.375 e. The minimum Gasteiger partial charge on any atom is -0.375 e. The van der Waals surface area contributed by atoms with Crippen molar-refractivity contribution in [3.63, 3.8) is 0 Å².